The Labute approximate surface area is 317 Å². The maximum atomic E-state index is 5.08. The Morgan fingerprint density at radius 2 is 1.29 bits per heavy atom. The lowest BCUT2D eigenvalue weighted by molar-refractivity contribution is 0.461. The highest BCUT2D eigenvalue weighted by Crippen LogP contribution is 2.40. The molecule has 2 heterocycles. The maximum Gasteiger partial charge on any atom is 0.138 e. The second-order valence-electron chi connectivity index (χ2n) is 11.2. The van der Waals surface area contributed by atoms with Crippen molar-refractivity contribution in [2.45, 2.75) is 65.8 Å². The van der Waals surface area contributed by atoms with Crippen molar-refractivity contribution in [2.24, 2.45) is 4.99 Å². The molecule has 0 radical (unpaired) electrons. The van der Waals surface area contributed by atoms with Gasteiger partial charge in [-0.3, -0.25) is 14.7 Å². The lowest BCUT2D eigenvalue weighted by atomic mass is 9.77. The lowest BCUT2D eigenvalue weighted by Gasteiger charge is -2.36. The summed E-state index contributed by atoms with van der Waals surface area (Å²) in [5.41, 5.74) is 7.87. The Hall–Kier alpha value is -5.05. The number of halogens is 1. The zero-order valence-corrected chi connectivity index (χ0v) is 33.5. The molecule has 51 heavy (non-hydrogen) atoms. The van der Waals surface area contributed by atoms with Gasteiger partial charge >= 0.3 is 0 Å². The number of nitrogens with zero attached hydrogens (tertiary/aromatic N) is 4. The molecule has 266 valence electrons. The largest absolute Gasteiger partial charge is 0.289 e. The number of terminal acetylenes is 1. The summed E-state index contributed by atoms with van der Waals surface area (Å²) in [6, 6.07) is 39.8. The smallest absolute Gasteiger partial charge is 0.138 e. The third-order valence-electron chi connectivity index (χ3n) is 7.02. The SMILES string of the molecule is C#CC.C/C=C/C(C=C(C)C)=NC.C=CC(C)Br.CC.Cc1cccc(-c2ccn(C(c3ccccc3)(c3ccccc3)c3ccccc3)n2)n1. The fourth-order valence-corrected chi connectivity index (χ4v) is 4.92. The van der Waals surface area contributed by atoms with Gasteiger partial charge in [0.05, 0.1) is 11.4 Å². The third kappa shape index (κ3) is 14.0. The van der Waals surface area contributed by atoms with E-state index < -0.39 is 5.54 Å². The first-order valence-corrected chi connectivity index (χ1v) is 18.1. The molecule has 4 nitrogen and oxygen atoms in total. The minimum Gasteiger partial charge on any atom is -0.289 e. The highest BCUT2D eigenvalue weighted by molar-refractivity contribution is 9.09. The molecule has 0 saturated carbocycles. The molecule has 0 N–H and O–H groups in total. The average molecular weight is 744 g/mol. The minimum absolute atomic E-state index is 0.461. The predicted octanol–water partition coefficient (Wildman–Crippen LogP) is 12.3. The highest BCUT2D eigenvalue weighted by Gasteiger charge is 2.39. The van der Waals surface area contributed by atoms with Crippen molar-refractivity contribution in [2.75, 3.05) is 7.05 Å². The molecule has 1 atom stereocenters. The maximum absolute atomic E-state index is 5.08. The number of aromatic nitrogens is 3. The molecule has 5 heteroatoms. The summed E-state index contributed by atoms with van der Waals surface area (Å²) in [4.78, 5) is 9.21. The van der Waals surface area contributed by atoms with E-state index in [0.717, 1.165) is 39.5 Å². The van der Waals surface area contributed by atoms with Crippen LogP contribution in [0.15, 0.2) is 163 Å². The van der Waals surface area contributed by atoms with Crippen LogP contribution in [0, 0.1) is 19.3 Å². The Kier molecular flexibility index (Phi) is 21.5. The van der Waals surface area contributed by atoms with Crippen LogP contribution >= 0.6 is 15.9 Å². The zero-order chi connectivity index (χ0) is 38.1. The van der Waals surface area contributed by atoms with Crippen LogP contribution in [0.3, 0.4) is 0 Å². The monoisotopic (exact) mass is 742 g/mol. The summed E-state index contributed by atoms with van der Waals surface area (Å²) in [6.07, 6.45) is 14.5. The van der Waals surface area contributed by atoms with Gasteiger partial charge in [0.1, 0.15) is 11.2 Å². The van der Waals surface area contributed by atoms with Gasteiger partial charge in [0.25, 0.3) is 0 Å². The number of hydrogen-bond donors (Lipinski definition) is 0. The van der Waals surface area contributed by atoms with E-state index in [-0.39, 0.29) is 0 Å². The summed E-state index contributed by atoms with van der Waals surface area (Å²) < 4.78 is 2.08. The topological polar surface area (TPSA) is 43.1 Å². The van der Waals surface area contributed by atoms with Crippen LogP contribution in [-0.2, 0) is 5.54 Å². The van der Waals surface area contributed by atoms with E-state index in [1.54, 1.807) is 14.0 Å². The van der Waals surface area contributed by atoms with Crippen LogP contribution in [-0.4, -0.2) is 32.4 Å². The van der Waals surface area contributed by atoms with Crippen molar-refractivity contribution in [1.82, 2.24) is 14.8 Å². The van der Waals surface area contributed by atoms with Crippen LogP contribution in [0.5, 0.6) is 0 Å². The number of benzene rings is 3. The number of allylic oxidation sites excluding steroid dienone is 5. The van der Waals surface area contributed by atoms with Gasteiger partial charge in [0.2, 0.25) is 0 Å². The van der Waals surface area contributed by atoms with Crippen molar-refractivity contribution in [1.29, 1.82) is 0 Å². The first-order valence-electron chi connectivity index (χ1n) is 17.2. The summed E-state index contributed by atoms with van der Waals surface area (Å²) in [5.74, 6) is 2.25. The molecule has 0 aliphatic carbocycles. The lowest BCUT2D eigenvalue weighted by Crippen LogP contribution is -2.38. The van der Waals surface area contributed by atoms with Gasteiger partial charge in [0, 0.05) is 23.8 Å². The van der Waals surface area contributed by atoms with Crippen molar-refractivity contribution in [3.63, 3.8) is 0 Å². The Balaban J connectivity index is 0.000000540. The molecule has 3 aromatic carbocycles. The predicted molar refractivity (Wildman–Crippen MR) is 227 cm³/mol. The number of pyridine rings is 1. The molecule has 0 aliphatic heterocycles. The van der Waals surface area contributed by atoms with Gasteiger partial charge in [-0.05, 0) is 88.6 Å². The second kappa shape index (κ2) is 25.0. The summed E-state index contributed by atoms with van der Waals surface area (Å²) >= 11 is 3.26. The van der Waals surface area contributed by atoms with Gasteiger partial charge < -0.3 is 0 Å². The first-order chi connectivity index (χ1) is 24.7. The fraction of sp³-hybridized carbons (Fsp3) is 0.239. The molecule has 2 aromatic heterocycles. The molecular weight excluding hydrogens is 688 g/mol. The first kappa shape index (κ1) is 44.0. The highest BCUT2D eigenvalue weighted by atomic mass is 79.9. The van der Waals surface area contributed by atoms with Gasteiger partial charge in [-0.1, -0.05) is 145 Å². The number of hydrogen-bond acceptors (Lipinski definition) is 3. The second-order valence-corrected chi connectivity index (χ2v) is 12.6. The van der Waals surface area contributed by atoms with Gasteiger partial charge in [0.15, 0.2) is 0 Å². The van der Waals surface area contributed by atoms with Crippen molar-refractivity contribution < 1.29 is 0 Å². The number of aryl methyl sites for hydroxylation is 1. The standard InChI is InChI=1S/C28H23N3.C9H15N.C4H7Br.C3H4.C2H6/c1-22-12-11-19-26(29-22)27-20-21-31(30-27)28(23-13-5-2-6-14-23,24-15-7-3-8-16-24)25-17-9-4-10-18-25;1-5-6-9(10-4)7-8(2)3;1-3-4(2)5;1-3-2;1-2/h2-21H,1H3;5-7H,1-4H3;3-4H,1H2,2H3;1H,2H3;1-2H3/b;6-5+,10-9?;;;. The van der Waals surface area contributed by atoms with Crippen molar-refractivity contribution >= 4 is 21.6 Å². The normalized spacial score (nSPS) is 11.0. The van der Waals surface area contributed by atoms with Crippen molar-refractivity contribution in [3.8, 4) is 23.7 Å². The van der Waals surface area contributed by atoms with Crippen LogP contribution in [0.2, 0.25) is 0 Å². The molecule has 5 rings (SSSR count). The molecule has 0 aliphatic rings. The number of rotatable bonds is 8. The quantitative estimate of drug-likeness (QED) is 0.0522. The molecule has 1 unspecified atom stereocenters. The van der Waals surface area contributed by atoms with Crippen LogP contribution in [0.1, 0.15) is 70.9 Å². The fourth-order valence-electron chi connectivity index (χ4n) is 4.92. The Bertz CT molecular complexity index is 1710. The van der Waals surface area contributed by atoms with E-state index in [9.17, 15) is 0 Å². The van der Waals surface area contributed by atoms with E-state index in [4.69, 9.17) is 5.10 Å². The third-order valence-corrected chi connectivity index (χ3v) is 7.39. The average Bonchev–Trinajstić information content (AvgIpc) is 3.65. The summed E-state index contributed by atoms with van der Waals surface area (Å²) in [7, 11) is 1.80. The molecule has 0 bridgehead atoms. The molecule has 0 fully saturated rings. The Morgan fingerprint density at radius 3 is 1.65 bits per heavy atom. The van der Waals surface area contributed by atoms with E-state index in [0.29, 0.717) is 4.83 Å². The molecule has 0 saturated heterocycles. The molecule has 0 amide bonds. The van der Waals surface area contributed by atoms with Crippen molar-refractivity contribution in [3.05, 3.63) is 180 Å². The van der Waals surface area contributed by atoms with E-state index >= 15 is 0 Å². The van der Waals surface area contributed by atoms with Gasteiger partial charge in [-0.15, -0.1) is 18.9 Å². The minimum atomic E-state index is -0.605. The molecule has 5 aromatic rings. The van der Waals surface area contributed by atoms with Crippen LogP contribution < -0.4 is 0 Å². The van der Waals surface area contributed by atoms with E-state index in [2.05, 4.69) is 167 Å². The Morgan fingerprint density at radius 1 is 0.843 bits per heavy atom. The van der Waals surface area contributed by atoms with Crippen LogP contribution in [0.25, 0.3) is 11.4 Å². The number of alkyl halides is 1. The molecule has 0 spiro atoms. The summed E-state index contributed by atoms with van der Waals surface area (Å²) in [5, 5.41) is 5.08. The van der Waals surface area contributed by atoms with E-state index in [1.807, 2.05) is 77.1 Å². The van der Waals surface area contributed by atoms with Crippen LogP contribution in [0.4, 0.5) is 0 Å². The molecular formula is C46H55BrN4. The van der Waals surface area contributed by atoms with E-state index in [1.165, 1.54) is 5.57 Å². The zero-order valence-electron chi connectivity index (χ0n) is 31.9. The number of aliphatic imine (C=N–C) groups is 1. The summed E-state index contributed by atoms with van der Waals surface area (Å²) in [6.45, 7) is 19.3. The van der Waals surface area contributed by atoms with Gasteiger partial charge in [-0.25, -0.2) is 0 Å². The van der Waals surface area contributed by atoms with Gasteiger partial charge in [-0.2, -0.15) is 5.10 Å².